The lowest BCUT2D eigenvalue weighted by Gasteiger charge is -2.02. The molecule has 12 heavy (non-hydrogen) atoms. The van der Waals surface area contributed by atoms with Crippen LogP contribution in [0.25, 0.3) is 0 Å². The molecule has 1 aromatic heterocycles. The minimum absolute atomic E-state index is 0.835. The number of aryl methyl sites for hydroxylation is 1. The Morgan fingerprint density at radius 1 is 1.33 bits per heavy atom. The molecule has 68 valence electrons. The molecule has 0 unspecified atom stereocenters. The fourth-order valence-corrected chi connectivity index (χ4v) is 1.31. The molecule has 0 N–H and O–H groups in total. The van der Waals surface area contributed by atoms with Crippen LogP contribution in [0.4, 0.5) is 0 Å². The molecule has 0 spiro atoms. The maximum absolute atomic E-state index is 5.24. The van der Waals surface area contributed by atoms with E-state index >= 15 is 0 Å². The number of rotatable bonds is 5. The van der Waals surface area contributed by atoms with Crippen molar-refractivity contribution in [3.8, 4) is 0 Å². The van der Waals surface area contributed by atoms with Crippen LogP contribution in [-0.4, -0.2) is 0 Å². The van der Waals surface area contributed by atoms with Gasteiger partial charge in [0.15, 0.2) is 0 Å². The number of hydrogen-bond acceptors (Lipinski definition) is 1. The van der Waals surface area contributed by atoms with Crippen molar-refractivity contribution in [2.75, 3.05) is 0 Å². The number of unbranched alkanes of at least 4 members (excludes halogenated alkanes) is 1. The Bertz CT molecular complexity index is 187. The van der Waals surface area contributed by atoms with E-state index in [1.54, 1.807) is 6.26 Å². The average Bonchev–Trinajstić information content (AvgIpc) is 2.49. The lowest BCUT2D eigenvalue weighted by atomic mass is 10.0. The smallest absolute Gasteiger partial charge is 0.103 e. The first-order valence-corrected chi connectivity index (χ1v) is 4.81. The Labute approximate surface area is 74.8 Å². The van der Waals surface area contributed by atoms with Gasteiger partial charge in [-0.25, -0.2) is 0 Å². The predicted octanol–water partition coefficient (Wildman–Crippen LogP) is 3.65. The number of furan rings is 1. The Hall–Kier alpha value is -0.720. The van der Waals surface area contributed by atoms with Crippen LogP contribution in [0, 0.1) is 5.92 Å². The van der Waals surface area contributed by atoms with E-state index in [1.165, 1.54) is 19.3 Å². The molecule has 0 bridgehead atoms. The first-order valence-electron chi connectivity index (χ1n) is 4.81. The zero-order chi connectivity index (χ0) is 8.81. The quantitative estimate of drug-likeness (QED) is 0.608. The van der Waals surface area contributed by atoms with Gasteiger partial charge in [-0.1, -0.05) is 26.7 Å². The maximum atomic E-state index is 5.24. The summed E-state index contributed by atoms with van der Waals surface area (Å²) >= 11 is 0. The largest absolute Gasteiger partial charge is 0.469 e. The summed E-state index contributed by atoms with van der Waals surface area (Å²) in [6.45, 7) is 4.54. The van der Waals surface area contributed by atoms with Gasteiger partial charge in [0.05, 0.1) is 6.26 Å². The fourth-order valence-electron chi connectivity index (χ4n) is 1.31. The van der Waals surface area contributed by atoms with Crippen LogP contribution in [0.1, 0.15) is 38.9 Å². The third-order valence-corrected chi connectivity index (χ3v) is 2.03. The van der Waals surface area contributed by atoms with Gasteiger partial charge in [0.1, 0.15) is 5.76 Å². The van der Waals surface area contributed by atoms with E-state index in [4.69, 9.17) is 4.42 Å². The summed E-state index contributed by atoms with van der Waals surface area (Å²) in [5.41, 5.74) is 0. The van der Waals surface area contributed by atoms with E-state index in [0.29, 0.717) is 0 Å². The van der Waals surface area contributed by atoms with Gasteiger partial charge in [-0.05, 0) is 24.5 Å². The first-order chi connectivity index (χ1) is 5.79. The molecular formula is C11H18O. The molecule has 1 rings (SSSR count). The molecule has 0 saturated carbocycles. The molecule has 0 amide bonds. The fraction of sp³-hybridized carbons (Fsp3) is 0.636. The Kier molecular flexibility index (Phi) is 3.92. The molecule has 1 aromatic rings. The summed E-state index contributed by atoms with van der Waals surface area (Å²) in [7, 11) is 0. The van der Waals surface area contributed by atoms with E-state index in [2.05, 4.69) is 19.9 Å². The molecule has 1 heterocycles. The molecule has 0 atom stereocenters. The minimum Gasteiger partial charge on any atom is -0.469 e. The first kappa shape index (κ1) is 9.37. The van der Waals surface area contributed by atoms with Crippen LogP contribution in [-0.2, 0) is 6.42 Å². The molecular weight excluding hydrogens is 148 g/mol. The predicted molar refractivity (Wildman–Crippen MR) is 51.1 cm³/mol. The summed E-state index contributed by atoms with van der Waals surface area (Å²) in [5, 5.41) is 0. The molecule has 0 aliphatic rings. The summed E-state index contributed by atoms with van der Waals surface area (Å²) < 4.78 is 5.24. The minimum atomic E-state index is 0.835. The Balaban J connectivity index is 2.04. The van der Waals surface area contributed by atoms with E-state index in [9.17, 15) is 0 Å². The zero-order valence-electron chi connectivity index (χ0n) is 8.05. The molecule has 0 radical (unpaired) electrons. The van der Waals surface area contributed by atoms with Gasteiger partial charge in [-0.3, -0.25) is 0 Å². The van der Waals surface area contributed by atoms with Gasteiger partial charge in [-0.15, -0.1) is 0 Å². The van der Waals surface area contributed by atoms with E-state index in [-0.39, 0.29) is 0 Å². The summed E-state index contributed by atoms with van der Waals surface area (Å²) in [5.74, 6) is 1.96. The molecule has 1 nitrogen and oxygen atoms in total. The van der Waals surface area contributed by atoms with Crippen molar-refractivity contribution in [2.24, 2.45) is 5.92 Å². The zero-order valence-corrected chi connectivity index (χ0v) is 8.05. The highest BCUT2D eigenvalue weighted by Gasteiger charge is 1.97. The standard InChI is InChI=1S/C11H18O/c1-10(2)6-3-4-7-11-8-5-9-12-11/h5,8-10H,3-4,6-7H2,1-2H3. The molecule has 0 aliphatic carbocycles. The third-order valence-electron chi connectivity index (χ3n) is 2.03. The summed E-state index contributed by atoms with van der Waals surface area (Å²) in [6, 6.07) is 4.01. The van der Waals surface area contributed by atoms with E-state index in [0.717, 1.165) is 18.1 Å². The highest BCUT2D eigenvalue weighted by molar-refractivity contribution is 4.97. The van der Waals surface area contributed by atoms with Crippen molar-refractivity contribution in [1.29, 1.82) is 0 Å². The lowest BCUT2D eigenvalue weighted by molar-refractivity contribution is 0.479. The monoisotopic (exact) mass is 166 g/mol. The Morgan fingerprint density at radius 3 is 2.75 bits per heavy atom. The average molecular weight is 166 g/mol. The van der Waals surface area contributed by atoms with Gasteiger partial charge in [0.2, 0.25) is 0 Å². The highest BCUT2D eigenvalue weighted by Crippen LogP contribution is 2.10. The SMILES string of the molecule is CC(C)CCCCc1ccco1. The maximum Gasteiger partial charge on any atom is 0.103 e. The van der Waals surface area contributed by atoms with Gasteiger partial charge >= 0.3 is 0 Å². The molecule has 0 fully saturated rings. The lowest BCUT2D eigenvalue weighted by Crippen LogP contribution is -1.88. The second-order valence-electron chi connectivity index (χ2n) is 3.72. The highest BCUT2D eigenvalue weighted by atomic mass is 16.3. The normalized spacial score (nSPS) is 10.9. The summed E-state index contributed by atoms with van der Waals surface area (Å²) in [6.07, 6.45) is 6.75. The van der Waals surface area contributed by atoms with Crippen LogP contribution in [0.3, 0.4) is 0 Å². The van der Waals surface area contributed by atoms with Gasteiger partial charge in [0, 0.05) is 6.42 Å². The van der Waals surface area contributed by atoms with Crippen LogP contribution >= 0.6 is 0 Å². The second kappa shape index (κ2) is 5.02. The van der Waals surface area contributed by atoms with E-state index in [1.807, 2.05) is 6.07 Å². The van der Waals surface area contributed by atoms with Gasteiger partial charge in [0.25, 0.3) is 0 Å². The van der Waals surface area contributed by atoms with Gasteiger partial charge in [-0.2, -0.15) is 0 Å². The van der Waals surface area contributed by atoms with Crippen LogP contribution in [0.5, 0.6) is 0 Å². The molecule has 1 heteroatoms. The van der Waals surface area contributed by atoms with Crippen molar-refractivity contribution in [1.82, 2.24) is 0 Å². The Morgan fingerprint density at radius 2 is 2.17 bits per heavy atom. The summed E-state index contributed by atoms with van der Waals surface area (Å²) in [4.78, 5) is 0. The van der Waals surface area contributed by atoms with Gasteiger partial charge < -0.3 is 4.42 Å². The molecule has 0 aromatic carbocycles. The number of hydrogen-bond donors (Lipinski definition) is 0. The molecule has 0 aliphatic heterocycles. The van der Waals surface area contributed by atoms with Crippen LogP contribution < -0.4 is 0 Å². The van der Waals surface area contributed by atoms with Crippen molar-refractivity contribution >= 4 is 0 Å². The second-order valence-corrected chi connectivity index (χ2v) is 3.72. The van der Waals surface area contributed by atoms with Crippen molar-refractivity contribution < 1.29 is 4.42 Å². The van der Waals surface area contributed by atoms with Crippen molar-refractivity contribution in [2.45, 2.75) is 39.5 Å². The molecule has 0 saturated heterocycles. The topological polar surface area (TPSA) is 13.1 Å². The van der Waals surface area contributed by atoms with Crippen LogP contribution in [0.15, 0.2) is 22.8 Å². The van der Waals surface area contributed by atoms with E-state index < -0.39 is 0 Å². The van der Waals surface area contributed by atoms with Crippen molar-refractivity contribution in [3.05, 3.63) is 24.2 Å². The third kappa shape index (κ3) is 3.61. The van der Waals surface area contributed by atoms with Crippen molar-refractivity contribution in [3.63, 3.8) is 0 Å². The van der Waals surface area contributed by atoms with Crippen LogP contribution in [0.2, 0.25) is 0 Å².